The first kappa shape index (κ1) is 20.9. The van der Waals surface area contributed by atoms with E-state index in [1.54, 1.807) is 12.1 Å². The van der Waals surface area contributed by atoms with E-state index < -0.39 is 0 Å². The fourth-order valence-corrected chi connectivity index (χ4v) is 3.08. The number of nitrogens with one attached hydrogen (secondary N) is 2. The summed E-state index contributed by atoms with van der Waals surface area (Å²) in [6, 6.07) is 12.5. The molecular weight excluding hydrogens is 367 g/mol. The molecule has 0 saturated carbocycles. The van der Waals surface area contributed by atoms with Gasteiger partial charge in [0.15, 0.2) is 0 Å². The van der Waals surface area contributed by atoms with Crippen LogP contribution in [0.2, 0.25) is 0 Å². The number of hydrogen-bond donors (Lipinski definition) is 3. The quantitative estimate of drug-likeness (QED) is 0.614. The first-order valence-electron chi connectivity index (χ1n) is 8.65. The first-order valence-corrected chi connectivity index (χ1v) is 9.81. The van der Waals surface area contributed by atoms with Crippen LogP contribution in [0.25, 0.3) is 0 Å². The summed E-state index contributed by atoms with van der Waals surface area (Å²) in [5, 5.41) is 14.6. The maximum Gasteiger partial charge on any atom is 0.251 e. The summed E-state index contributed by atoms with van der Waals surface area (Å²) < 4.78 is 12.8. The van der Waals surface area contributed by atoms with Crippen molar-refractivity contribution in [2.45, 2.75) is 25.1 Å². The van der Waals surface area contributed by atoms with Gasteiger partial charge in [0.1, 0.15) is 5.82 Å². The van der Waals surface area contributed by atoms with E-state index in [4.69, 9.17) is 5.11 Å². The highest BCUT2D eigenvalue weighted by Gasteiger charge is 2.11. The van der Waals surface area contributed by atoms with Crippen molar-refractivity contribution in [2.75, 3.05) is 17.7 Å². The van der Waals surface area contributed by atoms with Crippen molar-refractivity contribution in [3.63, 3.8) is 0 Å². The molecule has 0 aliphatic carbocycles. The number of hydrogen-bond acceptors (Lipinski definition) is 4. The molecular formula is C20H23FN2O3S. The number of amides is 2. The topological polar surface area (TPSA) is 78.4 Å². The van der Waals surface area contributed by atoms with Crippen LogP contribution < -0.4 is 10.6 Å². The predicted molar refractivity (Wildman–Crippen MR) is 106 cm³/mol. The second-order valence-electron chi connectivity index (χ2n) is 6.01. The number of halogens is 1. The molecule has 2 amide bonds. The molecule has 3 N–H and O–H groups in total. The number of aliphatic hydroxyl groups is 1. The lowest BCUT2D eigenvalue weighted by molar-refractivity contribution is -0.113. The largest absolute Gasteiger partial charge is 0.394 e. The number of benzene rings is 2. The SMILES string of the molecule is CCC(CO)NC(=O)c1ccc(CSCC(=O)Nc2ccc(F)cc2)cc1. The van der Waals surface area contributed by atoms with Crippen molar-refractivity contribution >= 4 is 29.3 Å². The Hall–Kier alpha value is -2.38. The maximum absolute atomic E-state index is 12.8. The highest BCUT2D eigenvalue weighted by molar-refractivity contribution is 7.99. The van der Waals surface area contributed by atoms with Crippen LogP contribution in [-0.4, -0.2) is 35.3 Å². The van der Waals surface area contributed by atoms with Crippen LogP contribution in [0.3, 0.4) is 0 Å². The molecule has 0 aromatic heterocycles. The van der Waals surface area contributed by atoms with Crippen molar-refractivity contribution in [2.24, 2.45) is 0 Å². The van der Waals surface area contributed by atoms with E-state index in [1.165, 1.54) is 36.0 Å². The average Bonchev–Trinajstić information content (AvgIpc) is 2.68. The van der Waals surface area contributed by atoms with Gasteiger partial charge in [0.25, 0.3) is 5.91 Å². The minimum absolute atomic E-state index is 0.0864. The molecule has 5 nitrogen and oxygen atoms in total. The number of rotatable bonds is 9. The van der Waals surface area contributed by atoms with E-state index in [0.717, 1.165) is 5.56 Å². The monoisotopic (exact) mass is 390 g/mol. The highest BCUT2D eigenvalue weighted by atomic mass is 32.2. The zero-order valence-electron chi connectivity index (χ0n) is 15.1. The number of carbonyl (C=O) groups excluding carboxylic acids is 2. The number of thioether (sulfide) groups is 1. The molecule has 1 atom stereocenters. The molecule has 27 heavy (non-hydrogen) atoms. The van der Waals surface area contributed by atoms with Gasteiger partial charge in [0.05, 0.1) is 18.4 Å². The number of carbonyl (C=O) groups is 2. The van der Waals surface area contributed by atoms with Gasteiger partial charge in [0.2, 0.25) is 5.91 Å². The van der Waals surface area contributed by atoms with Crippen LogP contribution >= 0.6 is 11.8 Å². The number of anilines is 1. The molecule has 7 heteroatoms. The van der Waals surface area contributed by atoms with E-state index in [-0.39, 0.29) is 36.0 Å². The Morgan fingerprint density at radius 1 is 1.11 bits per heavy atom. The molecule has 0 fully saturated rings. The van der Waals surface area contributed by atoms with Gasteiger partial charge in [-0.1, -0.05) is 19.1 Å². The van der Waals surface area contributed by atoms with Crippen molar-refractivity contribution in [3.05, 3.63) is 65.5 Å². The molecule has 1 unspecified atom stereocenters. The summed E-state index contributed by atoms with van der Waals surface area (Å²) in [7, 11) is 0. The second kappa shape index (κ2) is 10.7. The summed E-state index contributed by atoms with van der Waals surface area (Å²) >= 11 is 1.45. The van der Waals surface area contributed by atoms with Crippen LogP contribution in [0.4, 0.5) is 10.1 Å². The molecule has 0 heterocycles. The van der Waals surface area contributed by atoms with E-state index in [9.17, 15) is 14.0 Å². The Bertz CT molecular complexity index is 747. The third kappa shape index (κ3) is 7.03. The predicted octanol–water partition coefficient (Wildman–Crippen LogP) is 3.20. The van der Waals surface area contributed by atoms with Crippen molar-refractivity contribution < 1.29 is 19.1 Å². The van der Waals surface area contributed by atoms with Gasteiger partial charge >= 0.3 is 0 Å². The first-order chi connectivity index (χ1) is 13.0. The molecule has 0 aliphatic heterocycles. The molecule has 144 valence electrons. The number of aliphatic hydroxyl groups excluding tert-OH is 1. The van der Waals surface area contributed by atoms with Gasteiger partial charge < -0.3 is 15.7 Å². The third-order valence-corrected chi connectivity index (χ3v) is 4.90. The van der Waals surface area contributed by atoms with Crippen LogP contribution in [0.1, 0.15) is 29.3 Å². The molecule has 0 bridgehead atoms. The van der Waals surface area contributed by atoms with Crippen LogP contribution in [0, 0.1) is 5.82 Å². The minimum Gasteiger partial charge on any atom is -0.394 e. The lowest BCUT2D eigenvalue weighted by Crippen LogP contribution is -2.36. The minimum atomic E-state index is -0.346. The maximum atomic E-state index is 12.8. The van der Waals surface area contributed by atoms with Crippen LogP contribution in [0.15, 0.2) is 48.5 Å². The Morgan fingerprint density at radius 3 is 2.37 bits per heavy atom. The zero-order chi connectivity index (χ0) is 19.6. The summed E-state index contributed by atoms with van der Waals surface area (Å²) in [4.78, 5) is 24.0. The summed E-state index contributed by atoms with van der Waals surface area (Å²) in [5.74, 6) is 0.188. The Labute approximate surface area is 162 Å². The van der Waals surface area contributed by atoms with Crippen LogP contribution in [-0.2, 0) is 10.5 Å². The van der Waals surface area contributed by atoms with E-state index in [1.807, 2.05) is 19.1 Å². The summed E-state index contributed by atoms with van der Waals surface area (Å²) in [6.07, 6.45) is 0.664. The Balaban J connectivity index is 1.76. The average molecular weight is 390 g/mol. The molecule has 0 spiro atoms. The smallest absolute Gasteiger partial charge is 0.251 e. The van der Waals surface area contributed by atoms with Crippen molar-refractivity contribution in [1.29, 1.82) is 0 Å². The van der Waals surface area contributed by atoms with Gasteiger partial charge in [-0.15, -0.1) is 11.8 Å². The fraction of sp³-hybridized carbons (Fsp3) is 0.300. The molecule has 2 rings (SSSR count). The Morgan fingerprint density at radius 2 is 1.78 bits per heavy atom. The van der Waals surface area contributed by atoms with Crippen molar-refractivity contribution in [1.82, 2.24) is 5.32 Å². The van der Waals surface area contributed by atoms with Gasteiger partial charge in [-0.2, -0.15) is 0 Å². The van der Waals surface area contributed by atoms with E-state index in [0.29, 0.717) is 23.4 Å². The summed E-state index contributed by atoms with van der Waals surface area (Å²) in [6.45, 7) is 1.81. The molecule has 0 saturated heterocycles. The summed E-state index contributed by atoms with van der Waals surface area (Å²) in [5.41, 5.74) is 2.09. The van der Waals surface area contributed by atoms with Gasteiger partial charge in [-0.05, 0) is 48.4 Å². The zero-order valence-corrected chi connectivity index (χ0v) is 15.9. The molecule has 2 aromatic rings. The van der Waals surface area contributed by atoms with Crippen molar-refractivity contribution in [3.8, 4) is 0 Å². The van der Waals surface area contributed by atoms with Gasteiger partial charge in [-0.3, -0.25) is 9.59 Å². The standard InChI is InChI=1S/C20H23FN2O3S/c1-2-17(11-24)23-20(26)15-5-3-14(4-6-15)12-27-13-19(25)22-18-9-7-16(21)8-10-18/h3-10,17,24H,2,11-13H2,1H3,(H,22,25)(H,23,26). The lowest BCUT2D eigenvalue weighted by Gasteiger charge is -2.14. The normalized spacial score (nSPS) is 11.7. The van der Waals surface area contributed by atoms with E-state index in [2.05, 4.69) is 10.6 Å². The van der Waals surface area contributed by atoms with E-state index >= 15 is 0 Å². The lowest BCUT2D eigenvalue weighted by atomic mass is 10.1. The third-order valence-electron chi connectivity index (χ3n) is 3.89. The molecule has 0 radical (unpaired) electrons. The fourth-order valence-electron chi connectivity index (χ4n) is 2.29. The van der Waals surface area contributed by atoms with Gasteiger partial charge in [-0.25, -0.2) is 4.39 Å². The highest BCUT2D eigenvalue weighted by Crippen LogP contribution is 2.15. The second-order valence-corrected chi connectivity index (χ2v) is 6.99. The van der Waals surface area contributed by atoms with Crippen LogP contribution in [0.5, 0.6) is 0 Å². The molecule has 0 aliphatic rings. The van der Waals surface area contributed by atoms with Gasteiger partial charge in [0, 0.05) is 17.0 Å². The Kier molecular flexibility index (Phi) is 8.29. The molecule has 2 aromatic carbocycles.